The second-order valence-corrected chi connectivity index (χ2v) is 6.23. The highest BCUT2D eigenvalue weighted by Gasteiger charge is 2.41. The van der Waals surface area contributed by atoms with E-state index in [1.807, 2.05) is 30.5 Å². The van der Waals surface area contributed by atoms with E-state index in [9.17, 15) is 9.90 Å². The van der Waals surface area contributed by atoms with Crippen LogP contribution in [0.4, 0.5) is 0 Å². The molecule has 1 atom stereocenters. The minimum absolute atomic E-state index is 0. The lowest BCUT2D eigenvalue weighted by Crippen LogP contribution is -2.55. The van der Waals surface area contributed by atoms with Crippen LogP contribution in [0.5, 0.6) is 5.75 Å². The number of carbonyl (C=O) groups is 1. The number of ether oxygens (including phenoxy) is 1. The molecule has 3 N–H and O–H groups in total. The van der Waals surface area contributed by atoms with E-state index in [0.717, 1.165) is 13.1 Å². The molecule has 1 unspecified atom stereocenters. The lowest BCUT2D eigenvalue weighted by atomic mass is 9.87. The van der Waals surface area contributed by atoms with Crippen molar-refractivity contribution < 1.29 is 14.6 Å². The van der Waals surface area contributed by atoms with Gasteiger partial charge in [0.15, 0.2) is 0 Å². The van der Waals surface area contributed by atoms with E-state index in [2.05, 4.69) is 15.7 Å². The number of aliphatic hydroxyl groups is 1. The van der Waals surface area contributed by atoms with Crippen molar-refractivity contribution in [3.05, 3.63) is 48.3 Å². The summed E-state index contributed by atoms with van der Waals surface area (Å²) in [6.07, 6.45) is 4.03. The fraction of sp³-hybridized carbons (Fsp3) is 0.444. The van der Waals surface area contributed by atoms with E-state index < -0.39 is 11.6 Å². The SMILES string of the molecule is COc1cccc(C(O)CNC(=O)C2(n3cccn3)CCNCC2)c1.Cl. The van der Waals surface area contributed by atoms with Gasteiger partial charge in [-0.1, -0.05) is 12.1 Å². The number of carbonyl (C=O) groups excluding carboxylic acids is 1. The summed E-state index contributed by atoms with van der Waals surface area (Å²) in [6.45, 7) is 1.65. The Kier molecular flexibility index (Phi) is 7.02. The molecule has 1 amide bonds. The Morgan fingerprint density at radius 1 is 1.42 bits per heavy atom. The largest absolute Gasteiger partial charge is 0.497 e. The number of amides is 1. The molecule has 0 aliphatic carbocycles. The second-order valence-electron chi connectivity index (χ2n) is 6.23. The monoisotopic (exact) mass is 380 g/mol. The van der Waals surface area contributed by atoms with Gasteiger partial charge in [0.05, 0.1) is 13.2 Å². The number of aromatic nitrogens is 2. The van der Waals surface area contributed by atoms with Crippen LogP contribution in [0.25, 0.3) is 0 Å². The molecular formula is C18H25ClN4O3. The number of methoxy groups -OCH3 is 1. The first-order valence-corrected chi connectivity index (χ1v) is 8.47. The topological polar surface area (TPSA) is 88.4 Å². The van der Waals surface area contributed by atoms with Gasteiger partial charge in [0.2, 0.25) is 5.91 Å². The third kappa shape index (κ3) is 4.17. The van der Waals surface area contributed by atoms with E-state index in [0.29, 0.717) is 24.2 Å². The van der Waals surface area contributed by atoms with Crippen LogP contribution in [-0.2, 0) is 10.3 Å². The molecule has 1 aromatic heterocycles. The number of benzene rings is 1. The predicted octanol–water partition coefficient (Wildman–Crippen LogP) is 1.24. The zero-order valence-corrected chi connectivity index (χ0v) is 15.5. The molecule has 1 aromatic carbocycles. The molecule has 3 rings (SSSR count). The summed E-state index contributed by atoms with van der Waals surface area (Å²) in [5, 5.41) is 20.9. The summed E-state index contributed by atoms with van der Waals surface area (Å²) in [7, 11) is 1.58. The molecule has 1 fully saturated rings. The zero-order valence-electron chi connectivity index (χ0n) is 14.7. The number of aliphatic hydroxyl groups excluding tert-OH is 1. The van der Waals surface area contributed by atoms with Crippen LogP contribution in [0.1, 0.15) is 24.5 Å². The van der Waals surface area contributed by atoms with E-state index >= 15 is 0 Å². The van der Waals surface area contributed by atoms with Gasteiger partial charge in [0.1, 0.15) is 11.3 Å². The van der Waals surface area contributed by atoms with Crippen LogP contribution in [0, 0.1) is 0 Å². The lowest BCUT2D eigenvalue weighted by Gasteiger charge is -2.36. The number of nitrogens with zero attached hydrogens (tertiary/aromatic N) is 2. The fourth-order valence-electron chi connectivity index (χ4n) is 3.24. The first-order chi connectivity index (χ1) is 12.2. The Hall–Kier alpha value is -2.09. The molecule has 0 saturated carbocycles. The normalized spacial score (nSPS) is 17.0. The van der Waals surface area contributed by atoms with Crippen molar-refractivity contribution in [3.63, 3.8) is 0 Å². The third-order valence-electron chi connectivity index (χ3n) is 4.73. The third-order valence-corrected chi connectivity index (χ3v) is 4.73. The Bertz CT molecular complexity index is 702. The Balaban J connectivity index is 0.00000243. The highest BCUT2D eigenvalue weighted by molar-refractivity contribution is 5.85. The minimum atomic E-state index is -0.796. The van der Waals surface area contributed by atoms with Gasteiger partial charge in [0.25, 0.3) is 0 Å². The molecule has 1 aliphatic rings. The van der Waals surface area contributed by atoms with E-state index in [4.69, 9.17) is 4.74 Å². The van der Waals surface area contributed by atoms with Gasteiger partial charge in [-0.25, -0.2) is 0 Å². The molecule has 26 heavy (non-hydrogen) atoms. The first kappa shape index (κ1) is 20.2. The molecule has 1 aliphatic heterocycles. The maximum absolute atomic E-state index is 12.9. The molecule has 0 spiro atoms. The van der Waals surface area contributed by atoms with Crippen LogP contribution < -0.4 is 15.4 Å². The number of piperidine rings is 1. The summed E-state index contributed by atoms with van der Waals surface area (Å²) >= 11 is 0. The molecule has 0 bridgehead atoms. The van der Waals surface area contributed by atoms with Gasteiger partial charge in [-0.15, -0.1) is 12.4 Å². The van der Waals surface area contributed by atoms with Gasteiger partial charge < -0.3 is 20.5 Å². The number of nitrogens with one attached hydrogen (secondary N) is 2. The van der Waals surface area contributed by atoms with Crippen molar-refractivity contribution in [3.8, 4) is 5.75 Å². The maximum Gasteiger partial charge on any atom is 0.248 e. The highest BCUT2D eigenvalue weighted by Crippen LogP contribution is 2.27. The molecule has 2 aromatic rings. The van der Waals surface area contributed by atoms with Gasteiger partial charge >= 0.3 is 0 Å². The number of hydrogen-bond acceptors (Lipinski definition) is 5. The van der Waals surface area contributed by atoms with Gasteiger partial charge in [-0.05, 0) is 49.7 Å². The number of hydrogen-bond donors (Lipinski definition) is 3. The van der Waals surface area contributed by atoms with Crippen molar-refractivity contribution in [2.24, 2.45) is 0 Å². The molecule has 7 nitrogen and oxygen atoms in total. The summed E-state index contributed by atoms with van der Waals surface area (Å²) in [4.78, 5) is 12.9. The fourth-order valence-corrected chi connectivity index (χ4v) is 3.24. The number of rotatable bonds is 6. The van der Waals surface area contributed by atoms with Crippen LogP contribution >= 0.6 is 12.4 Å². The maximum atomic E-state index is 12.9. The minimum Gasteiger partial charge on any atom is -0.497 e. The van der Waals surface area contributed by atoms with Crippen molar-refractivity contribution in [2.75, 3.05) is 26.7 Å². The smallest absolute Gasteiger partial charge is 0.248 e. The van der Waals surface area contributed by atoms with E-state index in [1.54, 1.807) is 24.1 Å². The van der Waals surface area contributed by atoms with Crippen molar-refractivity contribution in [1.29, 1.82) is 0 Å². The molecule has 1 saturated heterocycles. The van der Waals surface area contributed by atoms with E-state index in [-0.39, 0.29) is 24.9 Å². The van der Waals surface area contributed by atoms with Crippen LogP contribution in [0.3, 0.4) is 0 Å². The molecule has 0 radical (unpaired) electrons. The van der Waals surface area contributed by atoms with Crippen LogP contribution in [0.15, 0.2) is 42.7 Å². The quantitative estimate of drug-likeness (QED) is 0.701. The van der Waals surface area contributed by atoms with Crippen molar-refractivity contribution >= 4 is 18.3 Å². The lowest BCUT2D eigenvalue weighted by molar-refractivity contribution is -0.132. The Morgan fingerprint density at radius 3 is 2.85 bits per heavy atom. The predicted molar refractivity (Wildman–Crippen MR) is 101 cm³/mol. The zero-order chi connectivity index (χ0) is 17.7. The summed E-state index contributed by atoms with van der Waals surface area (Å²) in [6, 6.07) is 9.04. The van der Waals surface area contributed by atoms with Crippen LogP contribution in [-0.4, -0.2) is 47.5 Å². The second kappa shape index (κ2) is 9.02. The van der Waals surface area contributed by atoms with Gasteiger partial charge in [0, 0.05) is 18.9 Å². The van der Waals surface area contributed by atoms with Crippen LogP contribution in [0.2, 0.25) is 0 Å². The average Bonchev–Trinajstić information content (AvgIpc) is 3.21. The van der Waals surface area contributed by atoms with Crippen molar-refractivity contribution in [2.45, 2.75) is 24.5 Å². The summed E-state index contributed by atoms with van der Waals surface area (Å²) < 4.78 is 6.91. The Morgan fingerprint density at radius 2 is 2.19 bits per heavy atom. The van der Waals surface area contributed by atoms with E-state index in [1.165, 1.54) is 0 Å². The summed E-state index contributed by atoms with van der Waals surface area (Å²) in [5.74, 6) is 0.564. The average molecular weight is 381 g/mol. The van der Waals surface area contributed by atoms with Gasteiger partial charge in [-0.3, -0.25) is 9.48 Å². The summed E-state index contributed by atoms with van der Waals surface area (Å²) in [5.41, 5.74) is 0.00107. The number of halogens is 1. The first-order valence-electron chi connectivity index (χ1n) is 8.47. The van der Waals surface area contributed by atoms with Crippen molar-refractivity contribution in [1.82, 2.24) is 20.4 Å². The molecule has 8 heteroatoms. The molecule has 142 valence electrons. The van der Waals surface area contributed by atoms with Gasteiger partial charge in [-0.2, -0.15) is 5.10 Å². The Labute approximate surface area is 159 Å². The molecular weight excluding hydrogens is 356 g/mol. The molecule has 2 heterocycles. The highest BCUT2D eigenvalue weighted by atomic mass is 35.5. The standard InChI is InChI=1S/C18H24N4O3.ClH/c1-25-15-5-2-4-14(12-15)16(23)13-20-17(24)18(6-9-19-10-7-18)22-11-3-8-21-22;/h2-5,8,11-12,16,19,23H,6-7,9-10,13H2,1H3,(H,20,24);1H.